The van der Waals surface area contributed by atoms with Gasteiger partial charge in [-0.3, -0.25) is 0 Å². The molecule has 2 heterocycles. The number of carbonyl (C=O) groups excluding carboxylic acids is 1. The topological polar surface area (TPSA) is 81.7 Å². The van der Waals surface area contributed by atoms with Crippen LogP contribution in [0.25, 0.3) is 0 Å². The number of hydrogen-bond donors (Lipinski definition) is 0. The third-order valence-corrected chi connectivity index (χ3v) is 7.15. The predicted molar refractivity (Wildman–Crippen MR) is 164 cm³/mol. The summed E-state index contributed by atoms with van der Waals surface area (Å²) in [6.45, 7) is 5.73. The Bertz CT molecular complexity index is 1410. The smallest absolute Gasteiger partial charge is 0.338 e. The van der Waals surface area contributed by atoms with Crippen molar-refractivity contribution in [1.82, 2.24) is 0 Å². The van der Waals surface area contributed by atoms with Gasteiger partial charge in [0.25, 0.3) is 0 Å². The third kappa shape index (κ3) is 8.45. The highest BCUT2D eigenvalue weighted by molar-refractivity contribution is 5.89. The van der Waals surface area contributed by atoms with E-state index in [4.69, 9.17) is 33.5 Å². The molecule has 4 atom stereocenters. The minimum absolute atomic E-state index is 0.226. The Hall–Kier alpha value is -4.21. The minimum Gasteiger partial charge on any atom is -0.489 e. The Morgan fingerprint density at radius 1 is 0.614 bits per heavy atom. The summed E-state index contributed by atoms with van der Waals surface area (Å²) in [4.78, 5) is 23.9. The van der Waals surface area contributed by atoms with Gasteiger partial charge >= 0.3 is 5.97 Å². The molecule has 2 saturated heterocycles. The maximum Gasteiger partial charge on any atom is 0.338 e. The molecule has 6 rings (SSSR count). The van der Waals surface area contributed by atoms with E-state index in [0.29, 0.717) is 24.5 Å². The van der Waals surface area contributed by atoms with Crippen LogP contribution in [0.4, 0.5) is 0 Å². The van der Waals surface area contributed by atoms with Crippen molar-refractivity contribution in [3.05, 3.63) is 131 Å². The number of benzene rings is 4. The molecule has 0 radical (unpaired) electrons. The van der Waals surface area contributed by atoms with Gasteiger partial charge < -0.3 is 23.7 Å². The van der Waals surface area contributed by atoms with Gasteiger partial charge in [0.1, 0.15) is 49.6 Å². The van der Waals surface area contributed by atoms with Crippen molar-refractivity contribution in [2.24, 2.45) is 0 Å². The molecule has 4 aromatic rings. The zero-order chi connectivity index (χ0) is 30.6. The highest BCUT2D eigenvalue weighted by atomic mass is 17.2. The Balaban J connectivity index is 0.00000188. The van der Waals surface area contributed by atoms with Crippen LogP contribution < -0.4 is 9.47 Å². The molecular formula is C36H38O8. The standard InChI is InChI=1S/C34H32O8.C2H6/c35-34(27-13-17-29(18-14-27)37-20-25-9-5-2-6-10-25)41-30-22-38-33-31(23-39-32(30)33)42-40-21-26-11-15-28(16-12-26)36-19-24-7-3-1-4-8-24;1-2/h1-18,30-33H,19-23H2;1-2H3/t30?,31-,32-,33-;/m0./s1. The van der Waals surface area contributed by atoms with Gasteiger partial charge in [-0.25, -0.2) is 14.6 Å². The van der Waals surface area contributed by atoms with Crippen molar-refractivity contribution >= 4 is 5.97 Å². The molecule has 0 amide bonds. The average Bonchev–Trinajstić information content (AvgIpc) is 3.68. The molecule has 230 valence electrons. The number of ether oxygens (including phenoxy) is 5. The Morgan fingerprint density at radius 2 is 1.09 bits per heavy atom. The molecule has 2 aliphatic rings. The fraction of sp³-hybridized carbons (Fsp3) is 0.306. The summed E-state index contributed by atoms with van der Waals surface area (Å²) >= 11 is 0. The molecule has 2 fully saturated rings. The number of carbonyl (C=O) groups is 1. The van der Waals surface area contributed by atoms with Gasteiger partial charge in [0.15, 0.2) is 6.10 Å². The highest BCUT2D eigenvalue weighted by Crippen LogP contribution is 2.31. The zero-order valence-corrected chi connectivity index (χ0v) is 25.0. The van der Waals surface area contributed by atoms with Crippen molar-refractivity contribution < 1.29 is 38.3 Å². The molecule has 2 aliphatic heterocycles. The van der Waals surface area contributed by atoms with Crippen LogP contribution in [0.15, 0.2) is 109 Å². The lowest BCUT2D eigenvalue weighted by Crippen LogP contribution is -2.35. The number of rotatable bonds is 12. The summed E-state index contributed by atoms with van der Waals surface area (Å²) in [6, 6.07) is 34.5. The average molecular weight is 599 g/mol. The second-order valence-corrected chi connectivity index (χ2v) is 10.2. The number of esters is 1. The van der Waals surface area contributed by atoms with Gasteiger partial charge in [-0.2, -0.15) is 0 Å². The van der Waals surface area contributed by atoms with Crippen LogP contribution in [0.2, 0.25) is 0 Å². The SMILES string of the molecule is CC.O=C(OC1CO[C@H]2[C@@H](OOCc3ccc(OCc4ccccc4)cc3)CO[C@@H]12)c1ccc(OCc2ccccc2)cc1. The third-order valence-electron chi connectivity index (χ3n) is 7.15. The fourth-order valence-electron chi connectivity index (χ4n) is 4.86. The van der Waals surface area contributed by atoms with E-state index < -0.39 is 24.3 Å². The molecule has 44 heavy (non-hydrogen) atoms. The molecule has 8 nitrogen and oxygen atoms in total. The van der Waals surface area contributed by atoms with Crippen LogP contribution in [0.5, 0.6) is 11.5 Å². The van der Waals surface area contributed by atoms with Gasteiger partial charge in [0.2, 0.25) is 0 Å². The highest BCUT2D eigenvalue weighted by Gasteiger charge is 2.50. The maximum atomic E-state index is 12.8. The first-order valence-corrected chi connectivity index (χ1v) is 15.0. The van der Waals surface area contributed by atoms with E-state index in [0.717, 1.165) is 22.4 Å². The van der Waals surface area contributed by atoms with E-state index in [1.54, 1.807) is 24.3 Å². The lowest BCUT2D eigenvalue weighted by molar-refractivity contribution is -0.341. The lowest BCUT2D eigenvalue weighted by atomic mass is 10.1. The van der Waals surface area contributed by atoms with Crippen LogP contribution in [-0.4, -0.2) is 43.6 Å². The van der Waals surface area contributed by atoms with Gasteiger partial charge in [-0.1, -0.05) is 86.6 Å². The second kappa shape index (κ2) is 16.0. The van der Waals surface area contributed by atoms with Crippen LogP contribution in [0.1, 0.15) is 40.9 Å². The molecule has 4 aromatic carbocycles. The molecule has 0 N–H and O–H groups in total. The summed E-state index contributed by atoms with van der Waals surface area (Å²) in [5.74, 6) is 1.01. The van der Waals surface area contributed by atoms with Crippen LogP contribution in [0.3, 0.4) is 0 Å². The van der Waals surface area contributed by atoms with Gasteiger partial charge in [-0.05, 0) is 53.1 Å². The fourth-order valence-corrected chi connectivity index (χ4v) is 4.86. The normalized spacial score (nSPS) is 20.2. The first-order chi connectivity index (χ1) is 21.7. The van der Waals surface area contributed by atoms with Crippen LogP contribution >= 0.6 is 0 Å². The summed E-state index contributed by atoms with van der Waals surface area (Å²) < 4.78 is 29.1. The van der Waals surface area contributed by atoms with Crippen molar-refractivity contribution in [1.29, 1.82) is 0 Å². The minimum atomic E-state index is -0.534. The molecule has 0 aliphatic carbocycles. The Kier molecular flexibility index (Phi) is 11.4. The quantitative estimate of drug-likeness (QED) is 0.101. The molecule has 0 spiro atoms. The largest absolute Gasteiger partial charge is 0.489 e. The summed E-state index contributed by atoms with van der Waals surface area (Å²) in [5, 5.41) is 0. The Morgan fingerprint density at radius 3 is 1.66 bits per heavy atom. The van der Waals surface area contributed by atoms with Crippen molar-refractivity contribution in [2.75, 3.05) is 13.2 Å². The van der Waals surface area contributed by atoms with E-state index in [-0.39, 0.29) is 25.9 Å². The van der Waals surface area contributed by atoms with Crippen molar-refractivity contribution in [3.8, 4) is 11.5 Å². The van der Waals surface area contributed by atoms with E-state index in [1.807, 2.05) is 98.8 Å². The summed E-state index contributed by atoms with van der Waals surface area (Å²) in [6.07, 6.45) is -1.76. The van der Waals surface area contributed by atoms with Crippen molar-refractivity contribution in [2.45, 2.75) is 58.1 Å². The predicted octanol–water partition coefficient (Wildman–Crippen LogP) is 6.71. The first kappa shape index (κ1) is 31.2. The van der Waals surface area contributed by atoms with Crippen LogP contribution in [0, 0.1) is 0 Å². The number of fused-ring (bicyclic) bond motifs is 1. The molecule has 0 saturated carbocycles. The van der Waals surface area contributed by atoms with E-state index in [9.17, 15) is 4.79 Å². The molecule has 0 aromatic heterocycles. The Labute approximate surface area is 258 Å². The number of hydrogen-bond acceptors (Lipinski definition) is 8. The van der Waals surface area contributed by atoms with Gasteiger partial charge in [-0.15, -0.1) is 0 Å². The zero-order valence-electron chi connectivity index (χ0n) is 25.0. The second-order valence-electron chi connectivity index (χ2n) is 10.2. The van der Waals surface area contributed by atoms with E-state index >= 15 is 0 Å². The first-order valence-electron chi connectivity index (χ1n) is 15.0. The molecule has 1 unspecified atom stereocenters. The van der Waals surface area contributed by atoms with Crippen LogP contribution in [-0.2, 0) is 43.8 Å². The molecule has 0 bridgehead atoms. The summed E-state index contributed by atoms with van der Waals surface area (Å²) in [7, 11) is 0. The summed E-state index contributed by atoms with van der Waals surface area (Å²) in [5.41, 5.74) is 3.55. The van der Waals surface area contributed by atoms with Gasteiger partial charge in [0.05, 0.1) is 18.8 Å². The monoisotopic (exact) mass is 598 g/mol. The van der Waals surface area contributed by atoms with Gasteiger partial charge in [0, 0.05) is 0 Å². The van der Waals surface area contributed by atoms with E-state index in [1.165, 1.54) is 0 Å². The maximum absolute atomic E-state index is 12.8. The molecule has 8 heteroatoms. The van der Waals surface area contributed by atoms with Crippen molar-refractivity contribution in [3.63, 3.8) is 0 Å². The molecular weight excluding hydrogens is 560 g/mol. The van der Waals surface area contributed by atoms with E-state index in [2.05, 4.69) is 0 Å². The lowest BCUT2D eigenvalue weighted by Gasteiger charge is -2.17.